The summed E-state index contributed by atoms with van der Waals surface area (Å²) in [4.78, 5) is 12.8. The number of amides is 1. The number of halogens is 3. The van der Waals surface area contributed by atoms with Crippen molar-refractivity contribution in [2.24, 2.45) is 11.0 Å². The first-order valence-corrected chi connectivity index (χ1v) is 8.50. The van der Waals surface area contributed by atoms with Gasteiger partial charge in [-0.3, -0.25) is 4.79 Å². The van der Waals surface area contributed by atoms with Crippen LogP contribution in [-0.4, -0.2) is 33.6 Å². The molecule has 25 heavy (non-hydrogen) atoms. The molecule has 1 aromatic rings. The highest BCUT2D eigenvalue weighted by Gasteiger charge is 2.55. The molecule has 1 heterocycles. The molecular formula is C18H21F3N2O2. The molecule has 1 saturated carbocycles. The Morgan fingerprint density at radius 2 is 1.96 bits per heavy atom. The number of carbonyl (C=O) groups is 1. The molecule has 1 aliphatic carbocycles. The molecular weight excluding hydrogens is 333 g/mol. The van der Waals surface area contributed by atoms with Crippen LogP contribution in [0.1, 0.15) is 54.4 Å². The molecule has 1 aromatic carbocycles. The van der Waals surface area contributed by atoms with Crippen LogP contribution in [0.5, 0.6) is 0 Å². The Labute approximate surface area is 144 Å². The maximum atomic E-state index is 13.2. The van der Waals surface area contributed by atoms with Gasteiger partial charge in [0.2, 0.25) is 0 Å². The molecule has 3 rings (SSSR count). The lowest BCUT2D eigenvalue weighted by Gasteiger charge is -2.40. The van der Waals surface area contributed by atoms with E-state index < -0.39 is 35.9 Å². The Morgan fingerprint density at radius 1 is 1.28 bits per heavy atom. The number of alkyl halides is 3. The topological polar surface area (TPSA) is 52.9 Å². The van der Waals surface area contributed by atoms with Crippen LogP contribution < -0.4 is 0 Å². The van der Waals surface area contributed by atoms with Crippen molar-refractivity contribution in [3.63, 3.8) is 0 Å². The highest BCUT2D eigenvalue weighted by molar-refractivity contribution is 5.99. The van der Waals surface area contributed by atoms with E-state index in [2.05, 4.69) is 5.10 Å². The van der Waals surface area contributed by atoms with Crippen LogP contribution in [0.4, 0.5) is 13.2 Å². The summed E-state index contributed by atoms with van der Waals surface area (Å²) < 4.78 is 39.6. The minimum absolute atomic E-state index is 0.224. The zero-order chi connectivity index (χ0) is 18.2. The van der Waals surface area contributed by atoms with Crippen LogP contribution in [0.25, 0.3) is 0 Å². The van der Waals surface area contributed by atoms with Gasteiger partial charge in [-0.25, -0.2) is 0 Å². The van der Waals surface area contributed by atoms with Crippen molar-refractivity contribution >= 4 is 11.6 Å². The van der Waals surface area contributed by atoms with Gasteiger partial charge in [0, 0.05) is 17.9 Å². The molecule has 1 fully saturated rings. The van der Waals surface area contributed by atoms with Crippen LogP contribution >= 0.6 is 0 Å². The van der Waals surface area contributed by atoms with Gasteiger partial charge in [0.05, 0.1) is 0 Å². The largest absolute Gasteiger partial charge is 0.431 e. The molecule has 1 amide bonds. The van der Waals surface area contributed by atoms with E-state index in [0.29, 0.717) is 17.9 Å². The molecule has 1 aliphatic heterocycles. The Morgan fingerprint density at radius 3 is 2.56 bits per heavy atom. The van der Waals surface area contributed by atoms with Gasteiger partial charge in [0.25, 0.3) is 5.91 Å². The highest BCUT2D eigenvalue weighted by Crippen LogP contribution is 2.43. The molecule has 0 radical (unpaired) electrons. The molecule has 0 spiro atoms. The van der Waals surface area contributed by atoms with Crippen LogP contribution in [0.3, 0.4) is 0 Å². The number of aliphatic hydroxyl groups is 1. The molecule has 1 N–H and O–H groups in total. The van der Waals surface area contributed by atoms with E-state index in [0.717, 1.165) is 24.8 Å². The minimum atomic E-state index is -4.66. The zero-order valence-electron chi connectivity index (χ0n) is 14.0. The lowest BCUT2D eigenvalue weighted by atomic mass is 9.79. The third kappa shape index (κ3) is 3.42. The molecule has 0 bridgehead atoms. The third-order valence-corrected chi connectivity index (χ3v) is 5.06. The number of hydrogen-bond donors (Lipinski definition) is 1. The molecule has 136 valence electrons. The van der Waals surface area contributed by atoms with Crippen molar-refractivity contribution in [3.8, 4) is 0 Å². The summed E-state index contributed by atoms with van der Waals surface area (Å²) >= 11 is 0. The van der Waals surface area contributed by atoms with Gasteiger partial charge in [-0.1, -0.05) is 37.0 Å². The third-order valence-electron chi connectivity index (χ3n) is 5.06. The summed E-state index contributed by atoms with van der Waals surface area (Å²) in [5.74, 6) is -1.10. The van der Waals surface area contributed by atoms with Crippen LogP contribution in [-0.2, 0) is 0 Å². The van der Waals surface area contributed by atoms with Gasteiger partial charge in [-0.05, 0) is 31.9 Å². The highest BCUT2D eigenvalue weighted by atomic mass is 19.4. The van der Waals surface area contributed by atoms with Gasteiger partial charge in [0.15, 0.2) is 5.72 Å². The van der Waals surface area contributed by atoms with E-state index >= 15 is 0 Å². The first-order valence-electron chi connectivity index (χ1n) is 8.50. The number of carbonyl (C=O) groups excluding carboxylic acids is 1. The Kier molecular flexibility index (Phi) is 4.62. The number of hydrazone groups is 1. The average Bonchev–Trinajstić information content (AvgIpc) is 2.94. The average molecular weight is 354 g/mol. The van der Waals surface area contributed by atoms with E-state index in [4.69, 9.17) is 0 Å². The maximum Gasteiger partial charge on any atom is 0.431 e. The standard InChI is InChI=1S/C18H21F3N2O2/c1-12-6-5-7-13(10-12)16(24)23-17(25,14-8-3-2-4-9-14)11-15(22-23)18(19,20)21/h5-7,10,14,25H,2-4,8-9,11H2,1H3/t17-/m1/s1. The number of aryl methyl sites for hydroxylation is 1. The van der Waals surface area contributed by atoms with Crippen molar-refractivity contribution in [2.75, 3.05) is 0 Å². The summed E-state index contributed by atoms with van der Waals surface area (Å²) in [5, 5.41) is 15.3. The molecule has 2 aliphatic rings. The smallest absolute Gasteiger partial charge is 0.368 e. The second-order valence-electron chi connectivity index (χ2n) is 6.92. The second-order valence-corrected chi connectivity index (χ2v) is 6.92. The molecule has 7 heteroatoms. The molecule has 1 atom stereocenters. The normalized spacial score (nSPS) is 25.2. The van der Waals surface area contributed by atoms with Crippen molar-refractivity contribution in [2.45, 2.75) is 57.3 Å². The zero-order valence-corrected chi connectivity index (χ0v) is 14.0. The van der Waals surface area contributed by atoms with E-state index in [9.17, 15) is 23.1 Å². The van der Waals surface area contributed by atoms with Crippen molar-refractivity contribution in [3.05, 3.63) is 35.4 Å². The Hall–Kier alpha value is -1.89. The van der Waals surface area contributed by atoms with Crippen LogP contribution in [0, 0.1) is 12.8 Å². The van der Waals surface area contributed by atoms with Crippen molar-refractivity contribution in [1.29, 1.82) is 0 Å². The van der Waals surface area contributed by atoms with Crippen LogP contribution in [0.2, 0.25) is 0 Å². The fourth-order valence-corrected chi connectivity index (χ4v) is 3.72. The number of benzene rings is 1. The Bertz CT molecular complexity index is 696. The molecule has 0 aromatic heterocycles. The first-order chi connectivity index (χ1) is 11.7. The quantitative estimate of drug-likeness (QED) is 0.872. The first kappa shape index (κ1) is 17.9. The monoisotopic (exact) mass is 354 g/mol. The van der Waals surface area contributed by atoms with Gasteiger partial charge >= 0.3 is 6.18 Å². The molecule has 4 nitrogen and oxygen atoms in total. The second kappa shape index (κ2) is 6.44. The van der Waals surface area contributed by atoms with Crippen molar-refractivity contribution in [1.82, 2.24) is 5.01 Å². The predicted octanol–water partition coefficient (Wildman–Crippen LogP) is 4.03. The fraction of sp³-hybridized carbons (Fsp3) is 0.556. The van der Waals surface area contributed by atoms with Gasteiger partial charge in [-0.15, -0.1) is 0 Å². The molecule has 0 saturated heterocycles. The van der Waals surface area contributed by atoms with Gasteiger partial charge in [-0.2, -0.15) is 23.3 Å². The fourth-order valence-electron chi connectivity index (χ4n) is 3.72. The maximum absolute atomic E-state index is 13.2. The predicted molar refractivity (Wildman–Crippen MR) is 87.0 cm³/mol. The van der Waals surface area contributed by atoms with E-state index in [1.54, 1.807) is 25.1 Å². The SMILES string of the molecule is Cc1cccc(C(=O)N2N=C(C(F)(F)F)C[C@@]2(O)C2CCCCC2)c1. The van der Waals surface area contributed by atoms with Gasteiger partial charge in [0.1, 0.15) is 5.71 Å². The van der Waals surface area contributed by atoms with E-state index in [1.165, 1.54) is 6.07 Å². The molecule has 0 unspecified atom stereocenters. The van der Waals surface area contributed by atoms with Crippen LogP contribution in [0.15, 0.2) is 29.4 Å². The lowest BCUT2D eigenvalue weighted by Crippen LogP contribution is -2.52. The van der Waals surface area contributed by atoms with Gasteiger partial charge < -0.3 is 5.11 Å². The number of rotatable bonds is 2. The summed E-state index contributed by atoms with van der Waals surface area (Å²) in [6.45, 7) is 1.79. The number of hydrogen-bond acceptors (Lipinski definition) is 3. The van der Waals surface area contributed by atoms with E-state index in [1.807, 2.05) is 0 Å². The summed E-state index contributed by atoms with van der Waals surface area (Å²) in [5.41, 5.74) is -1.97. The van der Waals surface area contributed by atoms with Crippen molar-refractivity contribution < 1.29 is 23.1 Å². The summed E-state index contributed by atoms with van der Waals surface area (Å²) in [6, 6.07) is 6.56. The summed E-state index contributed by atoms with van der Waals surface area (Å²) in [7, 11) is 0. The van der Waals surface area contributed by atoms with E-state index in [-0.39, 0.29) is 5.56 Å². The Balaban J connectivity index is 1.98. The number of nitrogens with zero attached hydrogens (tertiary/aromatic N) is 2. The summed E-state index contributed by atoms with van der Waals surface area (Å²) in [6.07, 6.45) is -1.49. The lowest BCUT2D eigenvalue weighted by molar-refractivity contribution is -0.123. The minimum Gasteiger partial charge on any atom is -0.368 e.